The Balaban J connectivity index is 2.26. The predicted molar refractivity (Wildman–Crippen MR) is 78.2 cm³/mol. The van der Waals surface area contributed by atoms with Gasteiger partial charge in [0.2, 0.25) is 0 Å². The van der Waals surface area contributed by atoms with Gasteiger partial charge in [-0.1, -0.05) is 23.7 Å². The highest BCUT2D eigenvalue weighted by molar-refractivity contribution is 9.10. The van der Waals surface area contributed by atoms with Crippen molar-refractivity contribution in [1.82, 2.24) is 0 Å². The van der Waals surface area contributed by atoms with Crippen LogP contribution in [0.25, 0.3) is 0 Å². The molecule has 2 aromatic carbocycles. The molecule has 0 saturated carbocycles. The van der Waals surface area contributed by atoms with Crippen LogP contribution in [0, 0.1) is 12.7 Å². The van der Waals surface area contributed by atoms with Crippen LogP contribution in [-0.2, 0) is 0 Å². The second-order valence-corrected chi connectivity index (χ2v) is 5.22. The summed E-state index contributed by atoms with van der Waals surface area (Å²) < 4.78 is 13.8. The first kappa shape index (κ1) is 14.0. The van der Waals surface area contributed by atoms with Gasteiger partial charge in [0.15, 0.2) is 0 Å². The molecule has 2 nitrogen and oxygen atoms in total. The number of amides is 1. The van der Waals surface area contributed by atoms with Gasteiger partial charge in [0.25, 0.3) is 5.91 Å². The van der Waals surface area contributed by atoms with Gasteiger partial charge in [0.1, 0.15) is 5.82 Å². The first-order chi connectivity index (χ1) is 8.99. The molecular weight excluding hydrogens is 333 g/mol. The Labute approximate surface area is 123 Å². The van der Waals surface area contributed by atoms with Crippen LogP contribution >= 0.6 is 27.5 Å². The molecule has 0 saturated heterocycles. The summed E-state index contributed by atoms with van der Waals surface area (Å²) >= 11 is 9.04. The summed E-state index contributed by atoms with van der Waals surface area (Å²) in [4.78, 5) is 12.1. The van der Waals surface area contributed by atoms with Gasteiger partial charge in [-0.05, 0) is 52.7 Å². The van der Waals surface area contributed by atoms with E-state index in [-0.39, 0.29) is 10.9 Å². The fourth-order valence-corrected chi connectivity index (χ4v) is 2.22. The number of hydrogen-bond acceptors (Lipinski definition) is 1. The van der Waals surface area contributed by atoms with Crippen molar-refractivity contribution in [3.8, 4) is 0 Å². The van der Waals surface area contributed by atoms with Crippen molar-refractivity contribution in [3.05, 3.63) is 62.8 Å². The molecule has 0 aliphatic carbocycles. The normalized spacial score (nSPS) is 10.3. The minimum atomic E-state index is -0.517. The average Bonchev–Trinajstić information content (AvgIpc) is 2.37. The number of hydrogen-bond donors (Lipinski definition) is 1. The zero-order chi connectivity index (χ0) is 14.0. The molecule has 0 aliphatic rings. The number of nitrogens with one attached hydrogen (secondary N) is 1. The van der Waals surface area contributed by atoms with E-state index in [2.05, 4.69) is 21.2 Å². The third-order valence-electron chi connectivity index (χ3n) is 2.61. The van der Waals surface area contributed by atoms with Crippen LogP contribution < -0.4 is 5.32 Å². The molecule has 0 spiro atoms. The molecule has 5 heteroatoms. The maximum atomic E-state index is 13.0. The summed E-state index contributed by atoms with van der Waals surface area (Å²) in [5.74, 6) is -0.797. The van der Waals surface area contributed by atoms with Crippen molar-refractivity contribution in [2.24, 2.45) is 0 Å². The van der Waals surface area contributed by atoms with Crippen molar-refractivity contribution in [1.29, 1.82) is 0 Å². The van der Waals surface area contributed by atoms with Crippen LogP contribution in [0.3, 0.4) is 0 Å². The van der Waals surface area contributed by atoms with Gasteiger partial charge >= 0.3 is 0 Å². The minimum absolute atomic E-state index is 0.0268. The quantitative estimate of drug-likeness (QED) is 0.834. The lowest BCUT2D eigenvalue weighted by molar-refractivity contribution is 0.102. The minimum Gasteiger partial charge on any atom is -0.322 e. The van der Waals surface area contributed by atoms with E-state index in [1.165, 1.54) is 18.2 Å². The maximum Gasteiger partial charge on any atom is 0.256 e. The van der Waals surface area contributed by atoms with Gasteiger partial charge in [0, 0.05) is 10.2 Å². The largest absolute Gasteiger partial charge is 0.322 e. The monoisotopic (exact) mass is 341 g/mol. The highest BCUT2D eigenvalue weighted by Crippen LogP contribution is 2.23. The Hall–Kier alpha value is -1.39. The molecule has 0 unspecified atom stereocenters. The number of carbonyl (C=O) groups is 1. The van der Waals surface area contributed by atoms with E-state index in [0.717, 1.165) is 10.0 Å². The van der Waals surface area contributed by atoms with Gasteiger partial charge in [-0.25, -0.2) is 4.39 Å². The fraction of sp³-hybridized carbons (Fsp3) is 0.0714. The first-order valence-electron chi connectivity index (χ1n) is 5.50. The van der Waals surface area contributed by atoms with E-state index >= 15 is 0 Å². The zero-order valence-corrected chi connectivity index (χ0v) is 12.3. The second kappa shape index (κ2) is 5.72. The molecule has 2 rings (SSSR count). The van der Waals surface area contributed by atoms with Gasteiger partial charge < -0.3 is 5.32 Å². The van der Waals surface area contributed by atoms with Gasteiger partial charge in [-0.2, -0.15) is 0 Å². The van der Waals surface area contributed by atoms with E-state index in [1.807, 2.05) is 13.0 Å². The lowest BCUT2D eigenvalue weighted by atomic mass is 10.1. The van der Waals surface area contributed by atoms with Crippen molar-refractivity contribution in [2.75, 3.05) is 5.32 Å². The first-order valence-corrected chi connectivity index (χ1v) is 6.67. The van der Waals surface area contributed by atoms with Crippen LogP contribution in [-0.4, -0.2) is 5.91 Å². The molecule has 98 valence electrons. The molecule has 0 fully saturated rings. The number of aryl methyl sites for hydroxylation is 1. The maximum absolute atomic E-state index is 13.0. The summed E-state index contributed by atoms with van der Waals surface area (Å²) in [5, 5.41) is 2.65. The Morgan fingerprint density at radius 2 is 2.05 bits per heavy atom. The second-order valence-electron chi connectivity index (χ2n) is 4.02. The van der Waals surface area contributed by atoms with Crippen LogP contribution in [0.5, 0.6) is 0 Å². The van der Waals surface area contributed by atoms with Gasteiger partial charge in [0.05, 0.1) is 10.6 Å². The van der Waals surface area contributed by atoms with E-state index < -0.39 is 5.82 Å². The molecular formula is C14H10BrClFNO. The van der Waals surface area contributed by atoms with Crippen LogP contribution in [0.15, 0.2) is 40.9 Å². The molecule has 0 radical (unpaired) electrons. The smallest absolute Gasteiger partial charge is 0.256 e. The third kappa shape index (κ3) is 3.14. The Kier molecular flexibility index (Phi) is 4.22. The summed E-state index contributed by atoms with van der Waals surface area (Å²) in [6.45, 7) is 1.90. The number of halogens is 3. The SMILES string of the molecule is Cc1cccc(C(=O)Nc2ccc(F)c(Cl)c2)c1Br. The molecule has 0 heterocycles. The van der Waals surface area contributed by atoms with Gasteiger partial charge in [-0.15, -0.1) is 0 Å². The van der Waals surface area contributed by atoms with E-state index in [0.29, 0.717) is 11.3 Å². The summed E-state index contributed by atoms with van der Waals surface area (Å²) in [5.41, 5.74) is 1.93. The van der Waals surface area contributed by atoms with Crippen LogP contribution in [0.2, 0.25) is 5.02 Å². The van der Waals surface area contributed by atoms with Gasteiger partial charge in [-0.3, -0.25) is 4.79 Å². The number of rotatable bonds is 2. The fourth-order valence-electron chi connectivity index (χ4n) is 1.60. The van der Waals surface area contributed by atoms with Crippen molar-refractivity contribution >= 4 is 39.1 Å². The molecule has 0 aliphatic heterocycles. The number of carbonyl (C=O) groups excluding carboxylic acids is 1. The highest BCUT2D eigenvalue weighted by atomic mass is 79.9. The standard InChI is InChI=1S/C14H10BrClFNO/c1-8-3-2-4-10(13(8)15)14(19)18-9-5-6-12(17)11(16)7-9/h2-7H,1H3,(H,18,19). The Bertz CT molecular complexity index is 645. The van der Waals surface area contributed by atoms with Crippen LogP contribution in [0.1, 0.15) is 15.9 Å². The third-order valence-corrected chi connectivity index (χ3v) is 3.96. The topological polar surface area (TPSA) is 29.1 Å². The molecule has 1 amide bonds. The molecule has 2 aromatic rings. The van der Waals surface area contributed by atoms with Crippen LogP contribution in [0.4, 0.5) is 10.1 Å². The predicted octanol–water partition coefficient (Wildman–Crippen LogP) is 4.80. The zero-order valence-electron chi connectivity index (χ0n) is 10.0. The molecule has 0 atom stereocenters. The van der Waals surface area contributed by atoms with Crippen molar-refractivity contribution in [3.63, 3.8) is 0 Å². The van der Waals surface area contributed by atoms with E-state index in [4.69, 9.17) is 11.6 Å². The van der Waals surface area contributed by atoms with Crippen molar-refractivity contribution < 1.29 is 9.18 Å². The summed E-state index contributed by atoms with van der Waals surface area (Å²) in [6, 6.07) is 9.45. The number of benzene rings is 2. The molecule has 0 bridgehead atoms. The summed E-state index contributed by atoms with van der Waals surface area (Å²) in [6.07, 6.45) is 0. The Morgan fingerprint density at radius 3 is 2.74 bits per heavy atom. The molecule has 0 aromatic heterocycles. The summed E-state index contributed by atoms with van der Waals surface area (Å²) in [7, 11) is 0. The molecule has 19 heavy (non-hydrogen) atoms. The van der Waals surface area contributed by atoms with Crippen molar-refractivity contribution in [2.45, 2.75) is 6.92 Å². The Morgan fingerprint density at radius 1 is 1.32 bits per heavy atom. The lowest BCUT2D eigenvalue weighted by Crippen LogP contribution is -2.13. The molecule has 1 N–H and O–H groups in total. The highest BCUT2D eigenvalue weighted by Gasteiger charge is 2.12. The average molecular weight is 343 g/mol. The number of anilines is 1. The van der Waals surface area contributed by atoms with E-state index in [1.54, 1.807) is 12.1 Å². The lowest BCUT2D eigenvalue weighted by Gasteiger charge is -2.09. The van der Waals surface area contributed by atoms with E-state index in [9.17, 15) is 9.18 Å².